The van der Waals surface area contributed by atoms with Gasteiger partial charge in [0.1, 0.15) is 5.82 Å². The Morgan fingerprint density at radius 3 is 2.85 bits per heavy atom. The Morgan fingerprint density at radius 2 is 2.15 bits per heavy atom. The molecule has 0 radical (unpaired) electrons. The number of aromatic nitrogens is 5. The molecule has 0 aromatic carbocycles. The highest BCUT2D eigenvalue weighted by Gasteiger charge is 2.23. The molecule has 0 bridgehead atoms. The van der Waals surface area contributed by atoms with Crippen LogP contribution >= 0.6 is 21.9 Å². The van der Waals surface area contributed by atoms with E-state index in [0.717, 1.165) is 0 Å². The number of carbonyl (C=O) groups is 1. The second-order valence-electron chi connectivity index (χ2n) is 7.81. The maximum absolute atomic E-state index is 12.2. The highest BCUT2D eigenvalue weighted by atomic mass is 32.3. The molecule has 178 valence electrons. The van der Waals surface area contributed by atoms with Crippen LogP contribution in [0.1, 0.15) is 12.6 Å². The maximum atomic E-state index is 12.2. The van der Waals surface area contributed by atoms with Gasteiger partial charge in [0.2, 0.25) is 0 Å². The average molecular weight is 495 g/mol. The summed E-state index contributed by atoms with van der Waals surface area (Å²) in [6.07, 6.45) is 6.19. The van der Waals surface area contributed by atoms with E-state index in [0.29, 0.717) is 52.8 Å². The quantitative estimate of drug-likeness (QED) is 0.405. The van der Waals surface area contributed by atoms with E-state index in [4.69, 9.17) is 9.72 Å². The topological polar surface area (TPSA) is 151 Å². The molecule has 4 rings (SSSR count). The Labute approximate surface area is 196 Å². The highest BCUT2D eigenvalue weighted by Crippen LogP contribution is 2.39. The van der Waals surface area contributed by atoms with Crippen LogP contribution in [0.3, 0.4) is 0 Å². The lowest BCUT2D eigenvalue weighted by molar-refractivity contribution is 0.0985. The molecule has 1 atom stereocenters. The summed E-state index contributed by atoms with van der Waals surface area (Å²) in [4.78, 5) is 28.5. The molecule has 2 amide bonds. The number of aryl methyl sites for hydroxylation is 1. The van der Waals surface area contributed by atoms with Crippen LogP contribution in [0.15, 0.2) is 24.7 Å². The SMILES string of the molecule is C[C@H]1COCCN1c1cc(CS(C)(O)O)nc(-c2cnc(NC(=O)Nc3cnn(C)c3)s2)n1. The summed E-state index contributed by atoms with van der Waals surface area (Å²) >= 11 is 1.22. The number of morpholine rings is 1. The number of rotatable bonds is 6. The van der Waals surface area contributed by atoms with Gasteiger partial charge in [0.05, 0.1) is 53.7 Å². The summed E-state index contributed by atoms with van der Waals surface area (Å²) in [5, 5.41) is 9.75. The predicted octanol–water partition coefficient (Wildman–Crippen LogP) is 3.08. The van der Waals surface area contributed by atoms with Crippen molar-refractivity contribution in [1.82, 2.24) is 24.7 Å². The number of hydrogen-bond acceptors (Lipinski definition) is 10. The van der Waals surface area contributed by atoms with E-state index in [9.17, 15) is 13.9 Å². The van der Waals surface area contributed by atoms with Crippen LogP contribution in [0.2, 0.25) is 0 Å². The second-order valence-corrected chi connectivity index (χ2v) is 11.1. The molecule has 0 aliphatic carbocycles. The second kappa shape index (κ2) is 9.61. The standard InChI is InChI=1S/C19H26N8O4S2/c1-12-10-31-5-4-27(12)16-6-13(11-33(3,29)30)22-17(24-16)15-8-20-19(32-15)25-18(28)23-14-7-21-26(2)9-14/h6-9,12,29-30H,4-5,10-11H2,1-3H3,(H2,20,23,25,28)/t12-/m0/s1. The lowest BCUT2D eigenvalue weighted by Gasteiger charge is -2.35. The number of hydrogen-bond donors (Lipinski definition) is 4. The van der Waals surface area contributed by atoms with Crippen LogP contribution in [0, 0.1) is 0 Å². The van der Waals surface area contributed by atoms with Crippen molar-refractivity contribution in [2.75, 3.05) is 41.5 Å². The molecule has 0 unspecified atom stereocenters. The Hall–Kier alpha value is -2.78. The Balaban J connectivity index is 1.57. The first kappa shape index (κ1) is 23.4. The monoisotopic (exact) mass is 494 g/mol. The molecular weight excluding hydrogens is 468 g/mol. The minimum atomic E-state index is -2.79. The van der Waals surface area contributed by atoms with Crippen molar-refractivity contribution < 1.29 is 18.6 Å². The molecule has 0 saturated carbocycles. The molecular formula is C19H26N8O4S2. The Morgan fingerprint density at radius 1 is 1.33 bits per heavy atom. The fourth-order valence-corrected chi connectivity index (χ4v) is 4.80. The van der Waals surface area contributed by atoms with Crippen molar-refractivity contribution in [2.24, 2.45) is 7.05 Å². The van der Waals surface area contributed by atoms with Gasteiger partial charge in [-0.3, -0.25) is 19.1 Å². The lowest BCUT2D eigenvalue weighted by Crippen LogP contribution is -2.44. The molecule has 3 aromatic rings. The van der Waals surface area contributed by atoms with E-state index in [2.05, 4.69) is 30.6 Å². The number of urea groups is 1. The zero-order chi connectivity index (χ0) is 23.6. The minimum Gasteiger partial charge on any atom is -0.377 e. The van der Waals surface area contributed by atoms with E-state index >= 15 is 0 Å². The van der Waals surface area contributed by atoms with Crippen molar-refractivity contribution in [2.45, 2.75) is 18.7 Å². The van der Waals surface area contributed by atoms with Gasteiger partial charge < -0.3 is 15.0 Å². The molecule has 4 N–H and O–H groups in total. The molecule has 1 saturated heterocycles. The third kappa shape index (κ3) is 6.17. The van der Waals surface area contributed by atoms with E-state index in [1.54, 1.807) is 36.4 Å². The van der Waals surface area contributed by atoms with Gasteiger partial charge in [-0.1, -0.05) is 11.3 Å². The normalized spacial score (nSPS) is 17.1. The predicted molar refractivity (Wildman–Crippen MR) is 129 cm³/mol. The Kier molecular flexibility index (Phi) is 6.81. The van der Waals surface area contributed by atoms with Gasteiger partial charge in [-0.05, 0) is 6.92 Å². The van der Waals surface area contributed by atoms with Crippen molar-refractivity contribution in [3.63, 3.8) is 0 Å². The van der Waals surface area contributed by atoms with Crippen LogP contribution in [0.4, 0.5) is 21.4 Å². The van der Waals surface area contributed by atoms with E-state index in [1.807, 2.05) is 6.92 Å². The van der Waals surface area contributed by atoms with E-state index in [1.165, 1.54) is 17.6 Å². The van der Waals surface area contributed by atoms with Crippen LogP contribution in [0.5, 0.6) is 0 Å². The van der Waals surface area contributed by atoms with Gasteiger partial charge in [0, 0.05) is 32.1 Å². The minimum absolute atomic E-state index is 0.0195. The fourth-order valence-electron chi connectivity index (χ4n) is 3.34. The summed E-state index contributed by atoms with van der Waals surface area (Å²) in [5.74, 6) is 1.11. The zero-order valence-electron chi connectivity index (χ0n) is 18.4. The third-order valence-corrected chi connectivity index (χ3v) is 6.51. The van der Waals surface area contributed by atoms with Crippen molar-refractivity contribution in [3.05, 3.63) is 30.4 Å². The summed E-state index contributed by atoms with van der Waals surface area (Å²) in [6.45, 7) is 3.88. The number of anilines is 3. The number of nitrogens with zero attached hydrogens (tertiary/aromatic N) is 6. The smallest absolute Gasteiger partial charge is 0.325 e. The average Bonchev–Trinajstić information content (AvgIpc) is 3.35. The number of thiazole rings is 1. The van der Waals surface area contributed by atoms with Gasteiger partial charge in [0.25, 0.3) is 0 Å². The molecule has 1 aliphatic heterocycles. The van der Waals surface area contributed by atoms with E-state index < -0.39 is 16.6 Å². The molecule has 4 heterocycles. The lowest BCUT2D eigenvalue weighted by atomic mass is 10.2. The van der Waals surface area contributed by atoms with Crippen LogP contribution in [0.25, 0.3) is 10.7 Å². The van der Waals surface area contributed by atoms with Gasteiger partial charge in [0.15, 0.2) is 11.0 Å². The summed E-state index contributed by atoms with van der Waals surface area (Å²) in [6, 6.07) is 1.46. The van der Waals surface area contributed by atoms with E-state index in [-0.39, 0.29) is 11.8 Å². The third-order valence-electron chi connectivity index (χ3n) is 4.76. The maximum Gasteiger partial charge on any atom is 0.325 e. The first-order valence-corrected chi connectivity index (χ1v) is 13.1. The molecule has 3 aromatic heterocycles. The number of nitrogens with one attached hydrogen (secondary N) is 2. The molecule has 33 heavy (non-hydrogen) atoms. The molecule has 14 heteroatoms. The fraction of sp³-hybridized carbons (Fsp3) is 0.421. The van der Waals surface area contributed by atoms with Gasteiger partial charge in [-0.25, -0.2) is 19.7 Å². The zero-order valence-corrected chi connectivity index (χ0v) is 20.1. The van der Waals surface area contributed by atoms with Gasteiger partial charge >= 0.3 is 6.03 Å². The highest BCUT2D eigenvalue weighted by molar-refractivity contribution is 8.23. The molecule has 1 fully saturated rings. The summed E-state index contributed by atoms with van der Waals surface area (Å²) in [7, 11) is -1.04. The molecule has 0 spiro atoms. The molecule has 12 nitrogen and oxygen atoms in total. The Bertz CT molecular complexity index is 1130. The van der Waals surface area contributed by atoms with Crippen molar-refractivity contribution in [1.29, 1.82) is 0 Å². The van der Waals surface area contributed by atoms with Crippen LogP contribution in [-0.4, -0.2) is 71.9 Å². The van der Waals surface area contributed by atoms with Crippen molar-refractivity contribution >= 4 is 44.6 Å². The summed E-state index contributed by atoms with van der Waals surface area (Å²) in [5.41, 5.74) is 1.08. The first-order chi connectivity index (χ1) is 15.7. The number of amides is 2. The largest absolute Gasteiger partial charge is 0.377 e. The number of carbonyl (C=O) groups excluding carboxylic acids is 1. The van der Waals surface area contributed by atoms with Gasteiger partial charge in [-0.2, -0.15) is 15.7 Å². The number of ether oxygens (including phenoxy) is 1. The first-order valence-electron chi connectivity index (χ1n) is 10.1. The molecule has 1 aliphatic rings. The van der Waals surface area contributed by atoms with Crippen molar-refractivity contribution in [3.8, 4) is 10.7 Å². The van der Waals surface area contributed by atoms with Crippen LogP contribution in [-0.2, 0) is 17.5 Å². The summed E-state index contributed by atoms with van der Waals surface area (Å²) < 4.78 is 27.1. The van der Waals surface area contributed by atoms with Crippen LogP contribution < -0.4 is 15.5 Å². The van der Waals surface area contributed by atoms with Gasteiger partial charge in [-0.15, -0.1) is 0 Å².